The quantitative estimate of drug-likeness (QED) is 0.773. The maximum atomic E-state index is 11.5. The highest BCUT2D eigenvalue weighted by Crippen LogP contribution is 2.15. The number of primary amides is 1. The molecule has 0 heterocycles. The van der Waals surface area contributed by atoms with Crippen molar-refractivity contribution in [1.29, 1.82) is 0 Å². The van der Waals surface area contributed by atoms with Crippen LogP contribution in [0.5, 0.6) is 5.75 Å². The van der Waals surface area contributed by atoms with Gasteiger partial charge in [-0.3, -0.25) is 10.1 Å². The molecule has 0 saturated heterocycles. The van der Waals surface area contributed by atoms with E-state index < -0.39 is 11.9 Å². The third-order valence-corrected chi connectivity index (χ3v) is 3.20. The van der Waals surface area contributed by atoms with Crippen molar-refractivity contribution in [2.24, 2.45) is 5.73 Å². The second-order valence-corrected chi connectivity index (χ2v) is 4.94. The Hall–Kier alpha value is -2.04. The van der Waals surface area contributed by atoms with Crippen molar-refractivity contribution in [2.45, 2.75) is 6.04 Å². The van der Waals surface area contributed by atoms with Crippen LogP contribution in [0, 0.1) is 0 Å². The van der Waals surface area contributed by atoms with Crippen molar-refractivity contribution in [2.75, 3.05) is 13.2 Å². The fraction of sp³-hybridized carbons (Fsp3) is 0.188. The summed E-state index contributed by atoms with van der Waals surface area (Å²) in [4.78, 5) is 11.5. The van der Waals surface area contributed by atoms with Crippen molar-refractivity contribution in [1.82, 2.24) is 5.32 Å². The van der Waals surface area contributed by atoms with Crippen LogP contribution in [0.2, 0.25) is 5.02 Å². The number of nitrogens with one attached hydrogen (secondary N) is 1. The van der Waals surface area contributed by atoms with Gasteiger partial charge in [-0.25, -0.2) is 0 Å². The smallest absolute Gasteiger partial charge is 0.239 e. The highest BCUT2D eigenvalue weighted by atomic mass is 35.5. The van der Waals surface area contributed by atoms with Crippen LogP contribution in [0.15, 0.2) is 54.6 Å². The molecule has 0 saturated carbocycles. The molecule has 0 fully saturated rings. The third kappa shape index (κ3) is 4.77. The van der Waals surface area contributed by atoms with E-state index in [1.807, 2.05) is 30.3 Å². The lowest BCUT2D eigenvalue weighted by Crippen LogP contribution is -2.35. The van der Waals surface area contributed by atoms with Crippen LogP contribution in [-0.4, -0.2) is 19.1 Å². The second kappa shape index (κ2) is 7.67. The van der Waals surface area contributed by atoms with Crippen LogP contribution in [0.4, 0.5) is 0 Å². The number of amides is 1. The molecule has 21 heavy (non-hydrogen) atoms. The lowest BCUT2D eigenvalue weighted by Gasteiger charge is -2.16. The van der Waals surface area contributed by atoms with Crippen LogP contribution in [0.25, 0.3) is 0 Å². The second-order valence-electron chi connectivity index (χ2n) is 4.50. The van der Waals surface area contributed by atoms with Crippen LogP contribution >= 0.6 is 11.6 Å². The van der Waals surface area contributed by atoms with Crippen LogP contribution in [0.3, 0.4) is 0 Å². The number of hydrogen-bond acceptors (Lipinski definition) is 3. The van der Waals surface area contributed by atoms with Gasteiger partial charge in [-0.15, -0.1) is 0 Å². The Bertz CT molecular complexity index is 573. The van der Waals surface area contributed by atoms with E-state index in [9.17, 15) is 4.79 Å². The van der Waals surface area contributed by atoms with Crippen LogP contribution < -0.4 is 15.8 Å². The Labute approximate surface area is 128 Å². The fourth-order valence-corrected chi connectivity index (χ4v) is 2.06. The first-order valence-corrected chi connectivity index (χ1v) is 7.00. The fourth-order valence-electron chi connectivity index (χ4n) is 1.93. The van der Waals surface area contributed by atoms with Gasteiger partial charge in [-0.05, 0) is 29.8 Å². The van der Waals surface area contributed by atoms with E-state index in [0.29, 0.717) is 18.2 Å². The minimum absolute atomic E-state index is 0.410. The van der Waals surface area contributed by atoms with E-state index in [-0.39, 0.29) is 0 Å². The molecule has 4 nitrogen and oxygen atoms in total. The lowest BCUT2D eigenvalue weighted by molar-refractivity contribution is -0.120. The predicted molar refractivity (Wildman–Crippen MR) is 83.3 cm³/mol. The molecule has 0 bridgehead atoms. The highest BCUT2D eigenvalue weighted by Gasteiger charge is 2.16. The Morgan fingerprint density at radius 3 is 2.43 bits per heavy atom. The zero-order valence-corrected chi connectivity index (χ0v) is 12.2. The first-order valence-electron chi connectivity index (χ1n) is 6.63. The molecule has 3 N–H and O–H groups in total. The van der Waals surface area contributed by atoms with E-state index in [2.05, 4.69) is 5.32 Å². The van der Waals surface area contributed by atoms with Crippen LogP contribution in [-0.2, 0) is 4.79 Å². The first-order chi connectivity index (χ1) is 10.2. The van der Waals surface area contributed by atoms with Crippen molar-refractivity contribution in [3.63, 3.8) is 0 Å². The zero-order valence-electron chi connectivity index (χ0n) is 11.5. The molecule has 5 heteroatoms. The molecule has 2 aromatic carbocycles. The van der Waals surface area contributed by atoms with Gasteiger partial charge in [0.05, 0.1) is 0 Å². The number of nitrogens with two attached hydrogens (primary N) is 1. The Balaban J connectivity index is 1.83. The van der Waals surface area contributed by atoms with E-state index in [4.69, 9.17) is 22.1 Å². The SMILES string of the molecule is NC(=O)[C@@H](NCCOc1ccc(Cl)cc1)c1ccccc1. The van der Waals surface area contributed by atoms with Gasteiger partial charge in [-0.2, -0.15) is 0 Å². The summed E-state index contributed by atoms with van der Waals surface area (Å²) in [5.41, 5.74) is 6.27. The van der Waals surface area contributed by atoms with Gasteiger partial charge in [-0.1, -0.05) is 41.9 Å². The molecule has 2 rings (SSSR count). The predicted octanol–water partition coefficient (Wildman–Crippen LogP) is 2.54. The molecular weight excluding hydrogens is 288 g/mol. The van der Waals surface area contributed by atoms with Crippen molar-refractivity contribution in [3.05, 3.63) is 65.2 Å². The van der Waals surface area contributed by atoms with Gasteiger partial charge < -0.3 is 10.5 Å². The van der Waals surface area contributed by atoms with Crippen molar-refractivity contribution < 1.29 is 9.53 Å². The molecule has 0 unspecified atom stereocenters. The Kier molecular flexibility index (Phi) is 5.60. The minimum Gasteiger partial charge on any atom is -0.492 e. The Morgan fingerprint density at radius 2 is 1.81 bits per heavy atom. The largest absolute Gasteiger partial charge is 0.492 e. The summed E-state index contributed by atoms with van der Waals surface area (Å²) in [6, 6.07) is 16.0. The first kappa shape index (κ1) is 15.4. The summed E-state index contributed by atoms with van der Waals surface area (Å²) in [7, 11) is 0. The standard InChI is InChI=1S/C16H17ClN2O2/c17-13-6-8-14(9-7-13)21-11-10-19-15(16(18)20)12-4-2-1-3-5-12/h1-9,15,19H,10-11H2,(H2,18,20)/t15-/m0/s1. The molecule has 0 aliphatic heterocycles. The summed E-state index contributed by atoms with van der Waals surface area (Å²) in [6.07, 6.45) is 0. The average Bonchev–Trinajstić information content (AvgIpc) is 2.49. The topological polar surface area (TPSA) is 64.4 Å². The van der Waals surface area contributed by atoms with E-state index in [0.717, 1.165) is 11.3 Å². The molecule has 0 aromatic heterocycles. The Morgan fingerprint density at radius 1 is 1.14 bits per heavy atom. The molecular formula is C16H17ClN2O2. The number of hydrogen-bond donors (Lipinski definition) is 2. The summed E-state index contributed by atoms with van der Waals surface area (Å²) in [5, 5.41) is 3.76. The van der Waals surface area contributed by atoms with Crippen LogP contribution in [0.1, 0.15) is 11.6 Å². The number of carbonyl (C=O) groups excluding carboxylic acids is 1. The van der Waals surface area contributed by atoms with E-state index in [1.165, 1.54) is 0 Å². The molecule has 2 aromatic rings. The lowest BCUT2D eigenvalue weighted by atomic mass is 10.1. The number of ether oxygens (including phenoxy) is 1. The van der Waals surface area contributed by atoms with E-state index >= 15 is 0 Å². The molecule has 110 valence electrons. The van der Waals surface area contributed by atoms with Gasteiger partial charge >= 0.3 is 0 Å². The van der Waals surface area contributed by atoms with Gasteiger partial charge in [0.1, 0.15) is 18.4 Å². The highest BCUT2D eigenvalue weighted by molar-refractivity contribution is 6.30. The third-order valence-electron chi connectivity index (χ3n) is 2.95. The number of carbonyl (C=O) groups is 1. The molecule has 1 atom stereocenters. The summed E-state index contributed by atoms with van der Waals surface area (Å²) < 4.78 is 5.55. The monoisotopic (exact) mass is 304 g/mol. The number of benzene rings is 2. The maximum absolute atomic E-state index is 11.5. The van der Waals surface area contributed by atoms with E-state index in [1.54, 1.807) is 24.3 Å². The molecule has 0 aliphatic rings. The van der Waals surface area contributed by atoms with Gasteiger partial charge in [0, 0.05) is 11.6 Å². The molecule has 0 spiro atoms. The molecule has 1 amide bonds. The van der Waals surface area contributed by atoms with Gasteiger partial charge in [0.25, 0.3) is 0 Å². The summed E-state index contributed by atoms with van der Waals surface area (Å²) >= 11 is 5.80. The average molecular weight is 305 g/mol. The van der Waals surface area contributed by atoms with Gasteiger partial charge in [0.2, 0.25) is 5.91 Å². The van der Waals surface area contributed by atoms with Crippen molar-refractivity contribution >= 4 is 17.5 Å². The van der Waals surface area contributed by atoms with Gasteiger partial charge in [0.15, 0.2) is 0 Å². The number of halogens is 1. The normalized spacial score (nSPS) is 11.9. The summed E-state index contributed by atoms with van der Waals surface area (Å²) in [5.74, 6) is 0.323. The van der Waals surface area contributed by atoms with Crippen molar-refractivity contribution in [3.8, 4) is 5.75 Å². The number of rotatable bonds is 7. The zero-order chi connectivity index (χ0) is 15.1. The molecule has 0 aliphatic carbocycles. The summed E-state index contributed by atoms with van der Waals surface area (Å²) in [6.45, 7) is 0.934. The molecule has 0 radical (unpaired) electrons. The maximum Gasteiger partial charge on any atom is 0.239 e. The minimum atomic E-state index is -0.514.